The molecule has 0 saturated heterocycles. The van der Waals surface area contributed by atoms with Gasteiger partial charge in [-0.1, -0.05) is 18.2 Å². The molecule has 1 aromatic heterocycles. The molecule has 134 valence electrons. The molecule has 1 heterocycles. The van der Waals surface area contributed by atoms with E-state index in [0.717, 1.165) is 0 Å². The Kier molecular flexibility index (Phi) is 5.30. The molecule has 0 bridgehead atoms. The fourth-order valence-electron chi connectivity index (χ4n) is 3.32. The van der Waals surface area contributed by atoms with Crippen LogP contribution in [0.4, 0.5) is 0 Å². The summed E-state index contributed by atoms with van der Waals surface area (Å²) in [5, 5.41) is 13.8. The van der Waals surface area contributed by atoms with Gasteiger partial charge in [0, 0.05) is 30.3 Å². The number of rotatable bonds is 5. The van der Waals surface area contributed by atoms with Crippen molar-refractivity contribution in [2.24, 2.45) is 7.05 Å². The van der Waals surface area contributed by atoms with E-state index < -0.39 is 5.97 Å². The summed E-state index contributed by atoms with van der Waals surface area (Å²) in [5.74, 6) is -1.18. The van der Waals surface area contributed by atoms with Gasteiger partial charge < -0.3 is 10.0 Å². The van der Waals surface area contributed by atoms with Crippen LogP contribution in [0.5, 0.6) is 0 Å². The van der Waals surface area contributed by atoms with E-state index in [2.05, 4.69) is 5.10 Å². The minimum Gasteiger partial charge on any atom is -0.477 e. The lowest BCUT2D eigenvalue weighted by Gasteiger charge is -2.31. The van der Waals surface area contributed by atoms with Crippen LogP contribution >= 0.6 is 0 Å². The molecule has 0 unspecified atom stereocenters. The molecule has 1 N–H and O–H groups in total. The van der Waals surface area contributed by atoms with Crippen molar-refractivity contribution in [1.82, 2.24) is 14.7 Å². The van der Waals surface area contributed by atoms with Gasteiger partial charge in [-0.05, 0) is 46.2 Å². The molecule has 0 atom stereocenters. The Balaban J connectivity index is 2.69. The summed E-state index contributed by atoms with van der Waals surface area (Å²) in [6.07, 6.45) is 0. The van der Waals surface area contributed by atoms with E-state index in [1.165, 1.54) is 4.68 Å². The third-order valence-electron chi connectivity index (χ3n) is 4.20. The number of carboxylic acid groups (broad SMARTS) is 1. The van der Waals surface area contributed by atoms with Crippen molar-refractivity contribution in [3.05, 3.63) is 41.2 Å². The maximum Gasteiger partial charge on any atom is 0.354 e. The van der Waals surface area contributed by atoms with E-state index in [0.29, 0.717) is 22.4 Å². The molecular formula is C19H25N3O3. The smallest absolute Gasteiger partial charge is 0.354 e. The van der Waals surface area contributed by atoms with Gasteiger partial charge in [-0.3, -0.25) is 9.48 Å². The predicted molar refractivity (Wildman–Crippen MR) is 96.8 cm³/mol. The number of benzene rings is 1. The lowest BCUT2D eigenvalue weighted by molar-refractivity contribution is 0.0641. The Labute approximate surface area is 148 Å². The number of carboxylic acids is 1. The highest BCUT2D eigenvalue weighted by atomic mass is 16.4. The number of hydrogen-bond donors (Lipinski definition) is 1. The highest BCUT2D eigenvalue weighted by Crippen LogP contribution is 2.31. The first-order chi connectivity index (χ1) is 11.7. The molecule has 1 aromatic carbocycles. The maximum absolute atomic E-state index is 13.2. The van der Waals surface area contributed by atoms with E-state index in [1.54, 1.807) is 43.1 Å². The number of aromatic nitrogens is 2. The zero-order chi connectivity index (χ0) is 18.9. The van der Waals surface area contributed by atoms with Gasteiger partial charge in [0.05, 0.1) is 5.69 Å². The lowest BCUT2D eigenvalue weighted by Crippen LogP contribution is -2.42. The first-order valence-electron chi connectivity index (χ1n) is 8.35. The third kappa shape index (κ3) is 3.43. The summed E-state index contributed by atoms with van der Waals surface area (Å²) in [5.41, 5.74) is 2.25. The lowest BCUT2D eigenvalue weighted by atomic mass is 9.96. The molecule has 6 heteroatoms. The van der Waals surface area contributed by atoms with E-state index in [-0.39, 0.29) is 23.7 Å². The molecule has 0 aliphatic carbocycles. The van der Waals surface area contributed by atoms with Crippen molar-refractivity contribution < 1.29 is 14.7 Å². The molecule has 0 spiro atoms. The Morgan fingerprint density at radius 2 is 1.68 bits per heavy atom. The largest absolute Gasteiger partial charge is 0.477 e. The van der Waals surface area contributed by atoms with Crippen LogP contribution in [0.25, 0.3) is 11.1 Å². The second-order valence-electron chi connectivity index (χ2n) is 6.68. The van der Waals surface area contributed by atoms with Crippen molar-refractivity contribution in [1.29, 1.82) is 0 Å². The molecular weight excluding hydrogens is 318 g/mol. The SMILES string of the molecule is Cc1nn(C)c(C(=O)O)c1-c1ccccc1C(=O)N(C(C)C)C(C)C. The van der Waals surface area contributed by atoms with Crippen LogP contribution in [0.15, 0.2) is 24.3 Å². The van der Waals surface area contributed by atoms with E-state index in [1.807, 2.05) is 27.7 Å². The van der Waals surface area contributed by atoms with Gasteiger partial charge in [0.15, 0.2) is 5.69 Å². The van der Waals surface area contributed by atoms with Crippen LogP contribution < -0.4 is 0 Å². The Morgan fingerprint density at radius 3 is 2.20 bits per heavy atom. The Bertz CT molecular complexity index is 798. The highest BCUT2D eigenvalue weighted by molar-refractivity contribution is 6.04. The number of amides is 1. The molecule has 0 aliphatic rings. The number of carbonyl (C=O) groups is 2. The van der Waals surface area contributed by atoms with Crippen molar-refractivity contribution in [3.8, 4) is 11.1 Å². The quantitative estimate of drug-likeness (QED) is 0.903. The van der Waals surface area contributed by atoms with Crippen LogP contribution in [-0.2, 0) is 7.05 Å². The summed E-state index contributed by atoms with van der Waals surface area (Å²) in [7, 11) is 1.60. The van der Waals surface area contributed by atoms with Gasteiger partial charge in [-0.2, -0.15) is 5.10 Å². The molecule has 0 radical (unpaired) electrons. The van der Waals surface area contributed by atoms with Gasteiger partial charge in [0.2, 0.25) is 0 Å². The standard InChI is InChI=1S/C19H25N3O3/c1-11(2)22(12(3)4)18(23)15-10-8-7-9-14(15)16-13(5)20-21(6)17(16)19(24)25/h7-12H,1-6H3,(H,24,25). The van der Waals surface area contributed by atoms with Crippen molar-refractivity contribution in [3.63, 3.8) is 0 Å². The van der Waals surface area contributed by atoms with E-state index >= 15 is 0 Å². The Morgan fingerprint density at radius 1 is 1.12 bits per heavy atom. The zero-order valence-corrected chi connectivity index (χ0v) is 15.6. The molecule has 25 heavy (non-hydrogen) atoms. The van der Waals surface area contributed by atoms with Crippen LogP contribution in [0.1, 0.15) is 54.2 Å². The van der Waals surface area contributed by atoms with Crippen LogP contribution in [0.2, 0.25) is 0 Å². The first kappa shape index (κ1) is 18.7. The average Bonchev–Trinajstić information content (AvgIpc) is 2.80. The van der Waals surface area contributed by atoms with Crippen molar-refractivity contribution in [2.75, 3.05) is 0 Å². The topological polar surface area (TPSA) is 75.4 Å². The summed E-state index contributed by atoms with van der Waals surface area (Å²) < 4.78 is 1.34. The average molecular weight is 343 g/mol. The van der Waals surface area contributed by atoms with Gasteiger partial charge in [-0.25, -0.2) is 4.79 Å². The number of carbonyl (C=O) groups excluding carboxylic acids is 1. The van der Waals surface area contributed by atoms with Crippen LogP contribution in [0, 0.1) is 6.92 Å². The van der Waals surface area contributed by atoms with E-state index in [9.17, 15) is 14.7 Å². The van der Waals surface area contributed by atoms with Gasteiger partial charge in [0.1, 0.15) is 0 Å². The van der Waals surface area contributed by atoms with Gasteiger partial charge in [0.25, 0.3) is 5.91 Å². The summed E-state index contributed by atoms with van der Waals surface area (Å²) >= 11 is 0. The molecule has 2 rings (SSSR count). The summed E-state index contributed by atoms with van der Waals surface area (Å²) in [6, 6.07) is 7.20. The monoisotopic (exact) mass is 343 g/mol. The molecule has 2 aromatic rings. The minimum absolute atomic E-state index is 0.0366. The summed E-state index contributed by atoms with van der Waals surface area (Å²) in [6.45, 7) is 9.64. The maximum atomic E-state index is 13.2. The number of nitrogens with zero attached hydrogens (tertiary/aromatic N) is 3. The van der Waals surface area contributed by atoms with Crippen LogP contribution in [0.3, 0.4) is 0 Å². The highest BCUT2D eigenvalue weighted by Gasteiger charge is 2.28. The molecule has 0 fully saturated rings. The molecule has 0 saturated carbocycles. The van der Waals surface area contributed by atoms with Gasteiger partial charge >= 0.3 is 5.97 Å². The normalized spacial score (nSPS) is 11.2. The molecule has 1 amide bonds. The van der Waals surface area contributed by atoms with Gasteiger partial charge in [-0.15, -0.1) is 0 Å². The second kappa shape index (κ2) is 7.09. The van der Waals surface area contributed by atoms with Crippen LogP contribution in [-0.4, -0.2) is 43.7 Å². The predicted octanol–water partition coefficient (Wildman–Crippen LogP) is 3.35. The van der Waals surface area contributed by atoms with Crippen molar-refractivity contribution >= 4 is 11.9 Å². The number of aromatic carboxylic acids is 1. The minimum atomic E-state index is -1.06. The third-order valence-corrected chi connectivity index (χ3v) is 4.20. The fourth-order valence-corrected chi connectivity index (χ4v) is 3.32. The summed E-state index contributed by atoms with van der Waals surface area (Å²) in [4.78, 5) is 26.7. The fraction of sp³-hybridized carbons (Fsp3) is 0.421. The first-order valence-corrected chi connectivity index (χ1v) is 8.35. The van der Waals surface area contributed by atoms with E-state index in [4.69, 9.17) is 0 Å². The Hall–Kier alpha value is -2.63. The second-order valence-corrected chi connectivity index (χ2v) is 6.68. The molecule has 0 aliphatic heterocycles. The number of aryl methyl sites for hydroxylation is 2. The van der Waals surface area contributed by atoms with Crippen molar-refractivity contribution in [2.45, 2.75) is 46.7 Å². The molecule has 6 nitrogen and oxygen atoms in total. The zero-order valence-electron chi connectivity index (χ0n) is 15.6. The number of hydrogen-bond acceptors (Lipinski definition) is 3.